The van der Waals surface area contributed by atoms with E-state index in [1.807, 2.05) is 32.9 Å². The molecule has 0 saturated carbocycles. The molecule has 1 aromatic heterocycles. The number of H-pyrrole nitrogens is 1. The van der Waals surface area contributed by atoms with Crippen LogP contribution >= 0.6 is 0 Å². The average molecular weight is 269 g/mol. The maximum absolute atomic E-state index is 9.07. The Balaban J connectivity index is 2.29. The van der Waals surface area contributed by atoms with Gasteiger partial charge in [0.25, 0.3) is 0 Å². The number of benzene rings is 1. The predicted molar refractivity (Wildman–Crippen MR) is 78.6 cm³/mol. The van der Waals surface area contributed by atoms with Gasteiger partial charge >= 0.3 is 0 Å². The summed E-state index contributed by atoms with van der Waals surface area (Å²) in [6, 6.07) is 8.29. The van der Waals surface area contributed by atoms with Gasteiger partial charge in [-0.3, -0.25) is 0 Å². The van der Waals surface area contributed by atoms with Gasteiger partial charge < -0.3 is 9.72 Å². The molecule has 0 spiro atoms. The van der Waals surface area contributed by atoms with Gasteiger partial charge in [-0.15, -0.1) is 0 Å². The summed E-state index contributed by atoms with van der Waals surface area (Å²) in [5.74, 6) is 1.46. The number of rotatable bonds is 5. The number of ether oxygens (including phenoxy) is 1. The molecule has 20 heavy (non-hydrogen) atoms. The van der Waals surface area contributed by atoms with Crippen LogP contribution in [-0.4, -0.2) is 16.6 Å². The number of nitriles is 1. The Labute approximate surface area is 119 Å². The van der Waals surface area contributed by atoms with E-state index in [0.29, 0.717) is 6.61 Å². The lowest BCUT2D eigenvalue weighted by molar-refractivity contribution is 0.338. The van der Waals surface area contributed by atoms with Crippen molar-refractivity contribution in [1.82, 2.24) is 9.97 Å². The SMILES string of the molecule is CCOc1ccc(-c2cnc(C(C#N)CC)[nH]2)cc1C. The van der Waals surface area contributed by atoms with Crippen LogP contribution in [0.5, 0.6) is 5.75 Å². The van der Waals surface area contributed by atoms with E-state index in [2.05, 4.69) is 22.1 Å². The number of hydrogen-bond acceptors (Lipinski definition) is 3. The van der Waals surface area contributed by atoms with Crippen LogP contribution in [0, 0.1) is 18.3 Å². The summed E-state index contributed by atoms with van der Waals surface area (Å²) in [4.78, 5) is 7.55. The van der Waals surface area contributed by atoms with Crippen LogP contribution in [0.15, 0.2) is 24.4 Å². The van der Waals surface area contributed by atoms with E-state index in [9.17, 15) is 0 Å². The molecule has 2 rings (SSSR count). The molecule has 0 aliphatic rings. The standard InChI is InChI=1S/C16H19N3O/c1-4-12(9-17)16-18-10-14(19-16)13-6-7-15(20-5-2)11(3)8-13/h6-8,10,12H,4-5H2,1-3H3,(H,18,19). The number of aryl methyl sites for hydroxylation is 1. The second-order valence-corrected chi connectivity index (χ2v) is 4.69. The first kappa shape index (κ1) is 14.1. The van der Waals surface area contributed by atoms with Crippen LogP contribution in [0.3, 0.4) is 0 Å². The quantitative estimate of drug-likeness (QED) is 0.898. The van der Waals surface area contributed by atoms with E-state index >= 15 is 0 Å². The van der Waals surface area contributed by atoms with Crippen LogP contribution in [0.2, 0.25) is 0 Å². The molecule has 0 bridgehead atoms. The Bertz CT molecular complexity index is 625. The summed E-state index contributed by atoms with van der Waals surface area (Å²) in [7, 11) is 0. The maximum atomic E-state index is 9.07. The van der Waals surface area contributed by atoms with Crippen molar-refractivity contribution in [2.24, 2.45) is 0 Å². The highest BCUT2D eigenvalue weighted by molar-refractivity contribution is 5.61. The zero-order chi connectivity index (χ0) is 14.5. The summed E-state index contributed by atoms with van der Waals surface area (Å²) in [5, 5.41) is 9.07. The zero-order valence-electron chi connectivity index (χ0n) is 12.1. The smallest absolute Gasteiger partial charge is 0.123 e. The minimum absolute atomic E-state index is 0.174. The van der Waals surface area contributed by atoms with Crippen LogP contribution in [0.25, 0.3) is 11.3 Å². The molecule has 0 radical (unpaired) electrons. The lowest BCUT2D eigenvalue weighted by Gasteiger charge is -2.08. The summed E-state index contributed by atoms with van der Waals surface area (Å²) >= 11 is 0. The van der Waals surface area contributed by atoms with E-state index in [1.54, 1.807) is 6.20 Å². The van der Waals surface area contributed by atoms with Gasteiger partial charge in [-0.05, 0) is 44.0 Å². The molecule has 0 aliphatic heterocycles. The Morgan fingerprint density at radius 3 is 2.80 bits per heavy atom. The van der Waals surface area contributed by atoms with Crippen molar-refractivity contribution in [1.29, 1.82) is 5.26 Å². The zero-order valence-corrected chi connectivity index (χ0v) is 12.1. The first-order valence-electron chi connectivity index (χ1n) is 6.87. The second kappa shape index (κ2) is 6.25. The number of aromatic amines is 1. The van der Waals surface area contributed by atoms with Gasteiger partial charge in [0.1, 0.15) is 17.5 Å². The van der Waals surface area contributed by atoms with Gasteiger partial charge in [0, 0.05) is 5.56 Å². The molecule has 1 atom stereocenters. The summed E-state index contributed by atoms with van der Waals surface area (Å²) in [6.45, 7) is 6.64. The predicted octanol–water partition coefficient (Wildman–Crippen LogP) is 3.80. The first-order chi connectivity index (χ1) is 9.69. The monoisotopic (exact) mass is 269 g/mol. The van der Waals surface area contributed by atoms with Gasteiger partial charge in [-0.2, -0.15) is 5.26 Å². The van der Waals surface area contributed by atoms with Gasteiger partial charge in [0.15, 0.2) is 0 Å². The van der Waals surface area contributed by atoms with E-state index in [-0.39, 0.29) is 5.92 Å². The van der Waals surface area contributed by atoms with E-state index in [4.69, 9.17) is 10.00 Å². The minimum atomic E-state index is -0.174. The third-order valence-corrected chi connectivity index (χ3v) is 3.28. The van der Waals surface area contributed by atoms with Crippen molar-refractivity contribution < 1.29 is 4.74 Å². The molecular weight excluding hydrogens is 250 g/mol. The molecule has 1 aromatic carbocycles. The molecule has 1 heterocycles. The molecule has 0 aliphatic carbocycles. The molecular formula is C16H19N3O. The van der Waals surface area contributed by atoms with Gasteiger partial charge in [-0.25, -0.2) is 4.98 Å². The largest absolute Gasteiger partial charge is 0.494 e. The number of nitrogens with one attached hydrogen (secondary N) is 1. The third kappa shape index (κ3) is 2.83. The first-order valence-corrected chi connectivity index (χ1v) is 6.87. The van der Waals surface area contributed by atoms with Crippen molar-refractivity contribution in [3.63, 3.8) is 0 Å². The Hall–Kier alpha value is -2.28. The molecule has 0 fully saturated rings. The highest BCUT2D eigenvalue weighted by Gasteiger charge is 2.13. The highest BCUT2D eigenvalue weighted by atomic mass is 16.5. The van der Waals surface area contributed by atoms with Crippen molar-refractivity contribution in [3.8, 4) is 23.1 Å². The van der Waals surface area contributed by atoms with Gasteiger partial charge in [0.05, 0.1) is 24.6 Å². The summed E-state index contributed by atoms with van der Waals surface area (Å²) in [5.41, 5.74) is 3.07. The van der Waals surface area contributed by atoms with Crippen LogP contribution in [0.1, 0.15) is 37.6 Å². The molecule has 104 valence electrons. The topological polar surface area (TPSA) is 61.7 Å². The third-order valence-electron chi connectivity index (χ3n) is 3.28. The van der Waals surface area contributed by atoms with Crippen molar-refractivity contribution in [2.75, 3.05) is 6.61 Å². The fraction of sp³-hybridized carbons (Fsp3) is 0.375. The number of nitrogens with zero attached hydrogens (tertiary/aromatic N) is 2. The van der Waals surface area contributed by atoms with Crippen molar-refractivity contribution in [3.05, 3.63) is 35.8 Å². The lowest BCUT2D eigenvalue weighted by atomic mass is 10.1. The normalized spacial score (nSPS) is 11.9. The molecule has 1 unspecified atom stereocenters. The van der Waals surface area contributed by atoms with Gasteiger partial charge in [-0.1, -0.05) is 6.92 Å². The van der Waals surface area contributed by atoms with E-state index in [0.717, 1.165) is 34.8 Å². The van der Waals surface area contributed by atoms with Crippen LogP contribution in [-0.2, 0) is 0 Å². The Kier molecular flexibility index (Phi) is 4.41. The van der Waals surface area contributed by atoms with E-state index < -0.39 is 0 Å². The van der Waals surface area contributed by atoms with Crippen LogP contribution < -0.4 is 4.74 Å². The number of imidazole rings is 1. The highest BCUT2D eigenvalue weighted by Crippen LogP contribution is 2.26. The van der Waals surface area contributed by atoms with E-state index in [1.165, 1.54) is 0 Å². The molecule has 4 heteroatoms. The lowest BCUT2D eigenvalue weighted by Crippen LogP contribution is -1.96. The molecule has 1 N–H and O–H groups in total. The molecule has 0 amide bonds. The maximum Gasteiger partial charge on any atom is 0.123 e. The molecule has 4 nitrogen and oxygen atoms in total. The summed E-state index contributed by atoms with van der Waals surface area (Å²) in [6.07, 6.45) is 2.54. The summed E-state index contributed by atoms with van der Waals surface area (Å²) < 4.78 is 5.54. The van der Waals surface area contributed by atoms with Crippen molar-refractivity contribution >= 4 is 0 Å². The number of hydrogen-bond donors (Lipinski definition) is 1. The molecule has 2 aromatic rings. The van der Waals surface area contributed by atoms with Crippen molar-refractivity contribution in [2.45, 2.75) is 33.1 Å². The number of aromatic nitrogens is 2. The Morgan fingerprint density at radius 1 is 1.40 bits per heavy atom. The second-order valence-electron chi connectivity index (χ2n) is 4.69. The minimum Gasteiger partial charge on any atom is -0.494 e. The fourth-order valence-electron chi connectivity index (χ4n) is 2.14. The average Bonchev–Trinajstić information content (AvgIpc) is 2.92. The fourth-order valence-corrected chi connectivity index (χ4v) is 2.14. The van der Waals surface area contributed by atoms with Crippen LogP contribution in [0.4, 0.5) is 0 Å². The van der Waals surface area contributed by atoms with Gasteiger partial charge in [0.2, 0.25) is 0 Å². The Morgan fingerprint density at radius 2 is 2.20 bits per heavy atom. The molecule has 0 saturated heterocycles.